The van der Waals surface area contributed by atoms with E-state index in [0.717, 1.165) is 19.0 Å². The molecule has 0 bridgehead atoms. The van der Waals surface area contributed by atoms with Gasteiger partial charge in [-0.2, -0.15) is 11.8 Å². The van der Waals surface area contributed by atoms with Crippen molar-refractivity contribution in [3.8, 4) is 0 Å². The predicted octanol–water partition coefficient (Wildman–Crippen LogP) is 3.25. The lowest BCUT2D eigenvalue weighted by molar-refractivity contribution is 0.418. The maximum atomic E-state index is 4.53. The fourth-order valence-electron chi connectivity index (χ4n) is 1.80. The van der Waals surface area contributed by atoms with Crippen molar-refractivity contribution in [2.45, 2.75) is 38.1 Å². The van der Waals surface area contributed by atoms with Gasteiger partial charge in [0.05, 0.1) is 5.01 Å². The number of nitrogens with zero attached hydrogens (tertiary/aromatic N) is 1. The molecule has 1 aliphatic carbocycles. The molecule has 0 amide bonds. The quantitative estimate of drug-likeness (QED) is 0.758. The minimum absolute atomic E-state index is 0.787. The molecule has 0 aliphatic heterocycles. The highest BCUT2D eigenvalue weighted by Gasteiger charge is 2.22. The zero-order valence-electron chi connectivity index (χ0n) is 9.87. The van der Waals surface area contributed by atoms with Crippen LogP contribution >= 0.6 is 23.1 Å². The fraction of sp³-hybridized carbons (Fsp3) is 0.750. The third kappa shape index (κ3) is 3.47. The van der Waals surface area contributed by atoms with Gasteiger partial charge in [-0.3, -0.25) is 0 Å². The lowest BCUT2D eigenvalue weighted by Crippen LogP contribution is -2.14. The van der Waals surface area contributed by atoms with Crippen LogP contribution in [0.25, 0.3) is 0 Å². The Kier molecular flexibility index (Phi) is 5.13. The van der Waals surface area contributed by atoms with E-state index in [9.17, 15) is 0 Å². The van der Waals surface area contributed by atoms with E-state index in [1.807, 2.05) is 23.1 Å². The van der Waals surface area contributed by atoms with E-state index >= 15 is 0 Å². The van der Waals surface area contributed by atoms with Gasteiger partial charge in [0.2, 0.25) is 0 Å². The van der Waals surface area contributed by atoms with Crippen molar-refractivity contribution < 1.29 is 0 Å². The van der Waals surface area contributed by atoms with Gasteiger partial charge in [0.25, 0.3) is 0 Å². The number of aromatic nitrogens is 1. The largest absolute Gasteiger partial charge is 0.312 e. The summed E-state index contributed by atoms with van der Waals surface area (Å²) in [5, 5.41) is 4.85. The Morgan fingerprint density at radius 2 is 2.44 bits per heavy atom. The van der Waals surface area contributed by atoms with Gasteiger partial charge < -0.3 is 5.32 Å². The average molecular weight is 256 g/mol. The molecule has 1 aliphatic rings. The van der Waals surface area contributed by atoms with Gasteiger partial charge in [-0.1, -0.05) is 6.42 Å². The number of thiazole rings is 1. The topological polar surface area (TPSA) is 24.9 Å². The van der Waals surface area contributed by atoms with Crippen LogP contribution in [0.3, 0.4) is 0 Å². The molecule has 1 saturated carbocycles. The van der Waals surface area contributed by atoms with E-state index in [-0.39, 0.29) is 0 Å². The standard InChI is InChI=1S/C12H20N2S2/c1-15-7-3-6-13-8-11-9-14-12(16-11)10-4-2-5-10/h9-10,13H,2-8H2,1H3. The second kappa shape index (κ2) is 6.62. The Morgan fingerprint density at radius 1 is 1.56 bits per heavy atom. The van der Waals surface area contributed by atoms with Crippen molar-refractivity contribution in [1.82, 2.24) is 10.3 Å². The van der Waals surface area contributed by atoms with E-state index in [1.54, 1.807) is 0 Å². The van der Waals surface area contributed by atoms with Gasteiger partial charge in [-0.05, 0) is 37.8 Å². The molecule has 2 rings (SSSR count). The number of rotatable bonds is 7. The van der Waals surface area contributed by atoms with Gasteiger partial charge in [-0.25, -0.2) is 4.98 Å². The molecule has 1 heterocycles. The third-order valence-electron chi connectivity index (χ3n) is 3.03. The SMILES string of the molecule is CSCCCNCc1cnc(C2CCC2)s1. The summed E-state index contributed by atoms with van der Waals surface area (Å²) < 4.78 is 0. The highest BCUT2D eigenvalue weighted by molar-refractivity contribution is 7.98. The summed E-state index contributed by atoms with van der Waals surface area (Å²) in [6, 6.07) is 0. The molecule has 0 radical (unpaired) electrons. The van der Waals surface area contributed by atoms with E-state index in [0.29, 0.717) is 0 Å². The molecule has 90 valence electrons. The minimum Gasteiger partial charge on any atom is -0.312 e. The highest BCUT2D eigenvalue weighted by Crippen LogP contribution is 2.38. The first kappa shape index (κ1) is 12.4. The summed E-state index contributed by atoms with van der Waals surface area (Å²) >= 11 is 3.82. The molecular weight excluding hydrogens is 236 g/mol. The molecule has 0 saturated heterocycles. The lowest BCUT2D eigenvalue weighted by Gasteiger charge is -2.22. The van der Waals surface area contributed by atoms with Crippen LogP contribution in [0.2, 0.25) is 0 Å². The van der Waals surface area contributed by atoms with Crippen molar-refractivity contribution in [1.29, 1.82) is 0 Å². The van der Waals surface area contributed by atoms with Crippen LogP contribution in [-0.2, 0) is 6.54 Å². The number of hydrogen-bond donors (Lipinski definition) is 1. The summed E-state index contributed by atoms with van der Waals surface area (Å²) in [4.78, 5) is 5.92. The molecule has 0 unspecified atom stereocenters. The Balaban J connectivity index is 1.66. The van der Waals surface area contributed by atoms with E-state index in [2.05, 4.69) is 22.8 Å². The Bertz CT molecular complexity index is 308. The predicted molar refractivity (Wildman–Crippen MR) is 73.4 cm³/mol. The Morgan fingerprint density at radius 3 is 3.12 bits per heavy atom. The average Bonchev–Trinajstić information content (AvgIpc) is 2.64. The second-order valence-electron chi connectivity index (χ2n) is 4.32. The molecule has 1 N–H and O–H groups in total. The molecule has 16 heavy (non-hydrogen) atoms. The number of hydrogen-bond acceptors (Lipinski definition) is 4. The second-order valence-corrected chi connectivity index (χ2v) is 6.45. The van der Waals surface area contributed by atoms with Crippen molar-refractivity contribution >= 4 is 23.1 Å². The van der Waals surface area contributed by atoms with Crippen LogP contribution in [0.4, 0.5) is 0 Å². The molecule has 4 heteroatoms. The number of thioether (sulfide) groups is 1. The van der Waals surface area contributed by atoms with Crippen LogP contribution in [0, 0.1) is 0 Å². The zero-order chi connectivity index (χ0) is 11.2. The molecule has 0 atom stereocenters. The molecule has 2 nitrogen and oxygen atoms in total. The summed E-state index contributed by atoms with van der Waals surface area (Å²) in [5.74, 6) is 2.04. The van der Waals surface area contributed by atoms with Crippen molar-refractivity contribution in [2.75, 3.05) is 18.6 Å². The minimum atomic E-state index is 0.787. The van der Waals surface area contributed by atoms with E-state index in [4.69, 9.17) is 0 Å². The van der Waals surface area contributed by atoms with Crippen LogP contribution in [0.1, 0.15) is 41.5 Å². The summed E-state index contributed by atoms with van der Waals surface area (Å²) in [5.41, 5.74) is 0. The van der Waals surface area contributed by atoms with Gasteiger partial charge >= 0.3 is 0 Å². The first-order valence-corrected chi connectivity index (χ1v) is 8.25. The third-order valence-corrected chi connectivity index (χ3v) is 4.88. The highest BCUT2D eigenvalue weighted by atomic mass is 32.2. The smallest absolute Gasteiger partial charge is 0.0959 e. The molecule has 1 fully saturated rings. The van der Waals surface area contributed by atoms with Crippen LogP contribution in [0.15, 0.2) is 6.20 Å². The molecule has 0 spiro atoms. The monoisotopic (exact) mass is 256 g/mol. The van der Waals surface area contributed by atoms with Gasteiger partial charge in [0.15, 0.2) is 0 Å². The van der Waals surface area contributed by atoms with Crippen LogP contribution in [0.5, 0.6) is 0 Å². The molecular formula is C12H20N2S2. The molecule has 1 aromatic heterocycles. The zero-order valence-corrected chi connectivity index (χ0v) is 11.5. The normalized spacial score (nSPS) is 16.3. The lowest BCUT2D eigenvalue weighted by atomic mass is 9.86. The fourth-order valence-corrected chi connectivity index (χ4v) is 3.29. The summed E-state index contributed by atoms with van der Waals surface area (Å²) in [6.07, 6.45) is 9.58. The van der Waals surface area contributed by atoms with Crippen LogP contribution < -0.4 is 5.32 Å². The first-order chi connectivity index (χ1) is 7.90. The van der Waals surface area contributed by atoms with E-state index in [1.165, 1.54) is 41.3 Å². The maximum absolute atomic E-state index is 4.53. The maximum Gasteiger partial charge on any atom is 0.0959 e. The van der Waals surface area contributed by atoms with Crippen molar-refractivity contribution in [3.05, 3.63) is 16.1 Å². The number of nitrogens with one attached hydrogen (secondary N) is 1. The van der Waals surface area contributed by atoms with Crippen molar-refractivity contribution in [2.24, 2.45) is 0 Å². The first-order valence-electron chi connectivity index (χ1n) is 6.04. The van der Waals surface area contributed by atoms with Gasteiger partial charge in [0, 0.05) is 23.5 Å². The van der Waals surface area contributed by atoms with Gasteiger partial charge in [0.1, 0.15) is 0 Å². The molecule has 1 aromatic rings. The van der Waals surface area contributed by atoms with E-state index < -0.39 is 0 Å². The molecule has 0 aromatic carbocycles. The van der Waals surface area contributed by atoms with Gasteiger partial charge in [-0.15, -0.1) is 11.3 Å². The summed E-state index contributed by atoms with van der Waals surface area (Å²) in [6.45, 7) is 2.12. The summed E-state index contributed by atoms with van der Waals surface area (Å²) in [7, 11) is 0. The Hall–Kier alpha value is -0.0600. The Labute approximate surface area is 106 Å². The van der Waals surface area contributed by atoms with Crippen LogP contribution in [-0.4, -0.2) is 23.5 Å². The van der Waals surface area contributed by atoms with Crippen molar-refractivity contribution in [3.63, 3.8) is 0 Å².